The number of para-hydroxylation sites is 2. The molecule has 0 bridgehead atoms. The highest BCUT2D eigenvalue weighted by Crippen LogP contribution is 2.57. The van der Waals surface area contributed by atoms with E-state index in [-0.39, 0.29) is 24.3 Å². The highest BCUT2D eigenvalue weighted by atomic mass is 16.5. The third-order valence-electron chi connectivity index (χ3n) is 8.00. The molecule has 3 aromatic carbocycles. The summed E-state index contributed by atoms with van der Waals surface area (Å²) in [5.74, 6) is -0.811. The molecule has 7 heteroatoms. The van der Waals surface area contributed by atoms with E-state index in [0.29, 0.717) is 13.0 Å². The average Bonchev–Trinajstić information content (AvgIpc) is 3.33. The molecule has 2 N–H and O–H groups in total. The fourth-order valence-electron chi connectivity index (χ4n) is 6.39. The van der Waals surface area contributed by atoms with E-state index in [1.54, 1.807) is 23.6 Å². The molecule has 1 spiro atoms. The number of ether oxygens (including phenoxy) is 1. The van der Waals surface area contributed by atoms with Crippen molar-refractivity contribution < 1.29 is 24.5 Å². The van der Waals surface area contributed by atoms with Crippen molar-refractivity contribution in [3.8, 4) is 0 Å². The van der Waals surface area contributed by atoms with Gasteiger partial charge in [0.2, 0.25) is 6.41 Å². The Bertz CT molecular complexity index is 1300. The highest BCUT2D eigenvalue weighted by molar-refractivity contribution is 6.07. The second-order valence-corrected chi connectivity index (χ2v) is 10.8. The van der Waals surface area contributed by atoms with E-state index in [1.165, 1.54) is 0 Å². The van der Waals surface area contributed by atoms with Gasteiger partial charge in [-0.2, -0.15) is 0 Å². The van der Waals surface area contributed by atoms with Crippen molar-refractivity contribution in [1.29, 1.82) is 0 Å². The molecule has 0 unspecified atom stereocenters. The second-order valence-electron chi connectivity index (χ2n) is 10.8. The Kier molecular flexibility index (Phi) is 6.86. The maximum absolute atomic E-state index is 14.2. The summed E-state index contributed by atoms with van der Waals surface area (Å²) in [6, 6.07) is 24.6. The molecule has 0 aliphatic carbocycles. The maximum Gasteiger partial charge on any atom is 0.264 e. The van der Waals surface area contributed by atoms with Crippen molar-refractivity contribution in [3.63, 3.8) is 0 Å². The predicted octanol–water partition coefficient (Wildman–Crippen LogP) is 4.53. The van der Waals surface area contributed by atoms with Crippen LogP contribution < -0.4 is 9.80 Å². The quantitative estimate of drug-likeness (QED) is 0.431. The van der Waals surface area contributed by atoms with Gasteiger partial charge in [-0.15, -0.1) is 0 Å². The van der Waals surface area contributed by atoms with Crippen LogP contribution in [0.4, 0.5) is 17.1 Å². The predicted molar refractivity (Wildman–Crippen MR) is 146 cm³/mol. The van der Waals surface area contributed by atoms with Crippen molar-refractivity contribution in [3.05, 3.63) is 90.0 Å². The molecule has 198 valence electrons. The molecule has 38 heavy (non-hydrogen) atoms. The van der Waals surface area contributed by atoms with E-state index in [4.69, 9.17) is 4.74 Å². The van der Waals surface area contributed by atoms with Crippen LogP contribution in [-0.4, -0.2) is 40.8 Å². The van der Waals surface area contributed by atoms with Crippen LogP contribution in [0, 0.1) is 11.8 Å². The van der Waals surface area contributed by atoms with Crippen LogP contribution in [0.15, 0.2) is 78.9 Å². The number of aliphatic hydroxyl groups excluding tert-OH is 1. The number of benzene rings is 3. The van der Waals surface area contributed by atoms with Gasteiger partial charge in [0.25, 0.3) is 5.91 Å². The van der Waals surface area contributed by atoms with Crippen molar-refractivity contribution in [1.82, 2.24) is 0 Å². The zero-order valence-corrected chi connectivity index (χ0v) is 21.9. The van der Waals surface area contributed by atoms with Gasteiger partial charge in [-0.05, 0) is 56.2 Å². The van der Waals surface area contributed by atoms with Crippen molar-refractivity contribution in [2.75, 3.05) is 16.4 Å². The van der Waals surface area contributed by atoms with Crippen LogP contribution in [0.2, 0.25) is 0 Å². The Balaban J connectivity index is 1.46. The summed E-state index contributed by atoms with van der Waals surface area (Å²) in [7, 11) is 0. The number of carbonyl (C=O) groups excluding carboxylic acids is 2. The standard InChI is InChI=1S/C31H34N2O5/c1-21-28(30(2,3)37)27(17-18-34)38-31(21)25-11-7-8-12-26(25)32(29(31)36)19-22-13-15-24(16-14-22)33(20-35)23-9-5-4-6-10-23/h4-16,20-21,27-28,34,37H,17-19H2,1-3H3/t21-,27+,28-,31+/m1/s1. The van der Waals surface area contributed by atoms with Crippen LogP contribution in [0.25, 0.3) is 0 Å². The molecule has 7 nitrogen and oxygen atoms in total. The van der Waals surface area contributed by atoms with Gasteiger partial charge in [-0.1, -0.05) is 55.5 Å². The third-order valence-corrected chi connectivity index (χ3v) is 8.00. The minimum absolute atomic E-state index is 0.0905. The summed E-state index contributed by atoms with van der Waals surface area (Å²) in [5, 5.41) is 20.7. The molecule has 4 atom stereocenters. The van der Waals surface area contributed by atoms with E-state index >= 15 is 0 Å². The van der Waals surface area contributed by atoms with Gasteiger partial charge in [0.15, 0.2) is 5.60 Å². The lowest BCUT2D eigenvalue weighted by molar-refractivity contribution is -0.146. The fourth-order valence-corrected chi connectivity index (χ4v) is 6.39. The number of anilines is 3. The third kappa shape index (κ3) is 4.21. The summed E-state index contributed by atoms with van der Waals surface area (Å²) in [4.78, 5) is 29.4. The first-order valence-electron chi connectivity index (χ1n) is 13.0. The van der Waals surface area contributed by atoms with Crippen LogP contribution in [-0.2, 0) is 26.5 Å². The first kappa shape index (κ1) is 26.1. The average molecular weight is 515 g/mol. The van der Waals surface area contributed by atoms with Gasteiger partial charge in [-0.25, -0.2) is 0 Å². The van der Waals surface area contributed by atoms with Crippen molar-refractivity contribution in [2.45, 2.75) is 51.0 Å². The molecule has 2 aliphatic heterocycles. The number of amides is 2. The number of carbonyl (C=O) groups is 2. The maximum atomic E-state index is 14.2. The molecular weight excluding hydrogens is 480 g/mol. The van der Waals surface area contributed by atoms with Gasteiger partial charge < -0.3 is 19.8 Å². The molecule has 2 heterocycles. The largest absolute Gasteiger partial charge is 0.396 e. The van der Waals surface area contributed by atoms with Crippen LogP contribution in [0.1, 0.15) is 38.3 Å². The lowest BCUT2D eigenvalue weighted by Crippen LogP contribution is -2.46. The zero-order valence-electron chi connectivity index (χ0n) is 21.9. The van der Waals surface area contributed by atoms with E-state index in [1.807, 2.05) is 85.8 Å². The minimum atomic E-state index is -1.23. The Labute approximate surface area is 223 Å². The molecule has 0 aromatic heterocycles. The molecule has 2 aliphatic rings. The van der Waals surface area contributed by atoms with E-state index < -0.39 is 17.3 Å². The summed E-state index contributed by atoms with van der Waals surface area (Å²) in [6.07, 6.45) is 0.667. The van der Waals surface area contributed by atoms with Gasteiger partial charge in [0.1, 0.15) is 0 Å². The van der Waals surface area contributed by atoms with Crippen LogP contribution in [0.5, 0.6) is 0 Å². The topological polar surface area (TPSA) is 90.3 Å². The van der Waals surface area contributed by atoms with Crippen LogP contribution in [0.3, 0.4) is 0 Å². The Morgan fingerprint density at radius 2 is 1.63 bits per heavy atom. The lowest BCUT2D eigenvalue weighted by atomic mass is 9.71. The summed E-state index contributed by atoms with van der Waals surface area (Å²) >= 11 is 0. The molecule has 0 radical (unpaired) electrons. The summed E-state index contributed by atoms with van der Waals surface area (Å²) in [5.41, 5.74) is 1.66. The number of hydrogen-bond donors (Lipinski definition) is 2. The minimum Gasteiger partial charge on any atom is -0.396 e. The highest BCUT2D eigenvalue weighted by Gasteiger charge is 2.65. The monoisotopic (exact) mass is 514 g/mol. The number of nitrogens with zero attached hydrogens (tertiary/aromatic N) is 2. The number of hydrogen-bond acceptors (Lipinski definition) is 5. The second kappa shape index (κ2) is 9.98. The van der Waals surface area contributed by atoms with E-state index in [0.717, 1.165) is 34.6 Å². The first-order chi connectivity index (χ1) is 18.2. The molecular formula is C31H34N2O5. The van der Waals surface area contributed by atoms with E-state index in [9.17, 15) is 19.8 Å². The molecule has 3 aromatic rings. The smallest absolute Gasteiger partial charge is 0.264 e. The lowest BCUT2D eigenvalue weighted by Gasteiger charge is -2.34. The van der Waals surface area contributed by atoms with Gasteiger partial charge in [0, 0.05) is 35.4 Å². The Morgan fingerprint density at radius 3 is 2.26 bits per heavy atom. The number of fused-ring (bicyclic) bond motifs is 2. The molecule has 1 fully saturated rings. The number of rotatable bonds is 8. The van der Waals surface area contributed by atoms with Gasteiger partial charge >= 0.3 is 0 Å². The van der Waals surface area contributed by atoms with Gasteiger partial charge in [-0.3, -0.25) is 14.5 Å². The zero-order chi connectivity index (χ0) is 27.1. The fraction of sp³-hybridized carbons (Fsp3) is 0.355. The van der Waals surface area contributed by atoms with E-state index in [2.05, 4.69) is 0 Å². The SMILES string of the molecule is C[C@@H]1[C@@H](C(C)(C)O)[C@H](CCO)O[C@@]12C(=O)N(Cc1ccc(N(C=O)c3ccccc3)cc1)c1ccccc12. The Morgan fingerprint density at radius 1 is 1.00 bits per heavy atom. The Hall–Kier alpha value is -3.52. The molecule has 0 saturated carbocycles. The molecule has 2 amide bonds. The van der Waals surface area contributed by atoms with Gasteiger partial charge in [0.05, 0.1) is 23.9 Å². The van der Waals surface area contributed by atoms with Crippen LogP contribution >= 0.6 is 0 Å². The number of aliphatic hydroxyl groups is 2. The molecule has 1 saturated heterocycles. The van der Waals surface area contributed by atoms with Crippen molar-refractivity contribution >= 4 is 29.4 Å². The van der Waals surface area contributed by atoms with Crippen molar-refractivity contribution in [2.24, 2.45) is 11.8 Å². The normalized spacial score (nSPS) is 24.6. The summed E-state index contributed by atoms with van der Waals surface area (Å²) in [6.45, 7) is 5.68. The molecule has 5 rings (SSSR count). The summed E-state index contributed by atoms with van der Waals surface area (Å²) < 4.78 is 6.57. The first-order valence-corrected chi connectivity index (χ1v) is 13.0.